The van der Waals surface area contributed by atoms with Crippen LogP contribution < -0.4 is 10.1 Å². The number of halogens is 3. The Hall–Kier alpha value is -1.78. The van der Waals surface area contributed by atoms with Gasteiger partial charge in [-0.1, -0.05) is 29.3 Å². The molecule has 23 heavy (non-hydrogen) atoms. The van der Waals surface area contributed by atoms with Crippen LogP contribution in [0.4, 0.5) is 4.39 Å². The first-order valence-electron chi connectivity index (χ1n) is 7.14. The van der Waals surface area contributed by atoms with Gasteiger partial charge in [0, 0.05) is 16.6 Å². The third-order valence-corrected chi connectivity index (χ3v) is 3.83. The highest BCUT2D eigenvalue weighted by molar-refractivity contribution is 6.36. The molecular formula is C17H16Cl2FNO2. The van der Waals surface area contributed by atoms with Gasteiger partial charge in [-0.2, -0.15) is 0 Å². The van der Waals surface area contributed by atoms with Gasteiger partial charge in [-0.15, -0.1) is 0 Å². The quantitative estimate of drug-likeness (QED) is 0.753. The molecule has 0 radical (unpaired) electrons. The molecule has 0 aliphatic carbocycles. The highest BCUT2D eigenvalue weighted by atomic mass is 35.5. The average molecular weight is 356 g/mol. The second-order valence-corrected chi connectivity index (χ2v) is 5.70. The van der Waals surface area contributed by atoms with Crippen molar-refractivity contribution >= 4 is 29.1 Å². The number of nitrogens with one attached hydrogen (secondary N) is 1. The van der Waals surface area contributed by atoms with E-state index in [1.165, 1.54) is 12.1 Å². The van der Waals surface area contributed by atoms with Crippen LogP contribution in [0.3, 0.4) is 0 Å². The number of hydrogen-bond acceptors (Lipinski definition) is 2. The monoisotopic (exact) mass is 355 g/mol. The summed E-state index contributed by atoms with van der Waals surface area (Å²) in [6.45, 7) is 0.904. The second kappa shape index (κ2) is 8.75. The summed E-state index contributed by atoms with van der Waals surface area (Å²) >= 11 is 12.1. The summed E-state index contributed by atoms with van der Waals surface area (Å²) in [6.07, 6.45) is 0.775. The molecule has 0 unspecified atom stereocenters. The highest BCUT2D eigenvalue weighted by Gasteiger charge is 2.10. The van der Waals surface area contributed by atoms with E-state index in [-0.39, 0.29) is 18.1 Å². The minimum atomic E-state index is -0.303. The Morgan fingerprint density at radius 1 is 1.09 bits per heavy atom. The molecule has 0 atom stereocenters. The zero-order chi connectivity index (χ0) is 16.7. The number of ether oxygens (including phenoxy) is 1. The van der Waals surface area contributed by atoms with Crippen LogP contribution in [0, 0.1) is 5.82 Å². The fraction of sp³-hybridized carbons (Fsp3) is 0.235. The number of benzene rings is 2. The molecule has 0 saturated carbocycles. The summed E-state index contributed by atoms with van der Waals surface area (Å²) in [5.74, 6) is 0.144. The normalized spacial score (nSPS) is 10.4. The van der Waals surface area contributed by atoms with E-state index >= 15 is 0 Å². The van der Waals surface area contributed by atoms with Gasteiger partial charge in [0.05, 0.1) is 13.0 Å². The van der Waals surface area contributed by atoms with Crippen molar-refractivity contribution in [3.05, 3.63) is 63.9 Å². The minimum Gasteiger partial charge on any atom is -0.494 e. The smallest absolute Gasteiger partial charge is 0.224 e. The maximum absolute atomic E-state index is 12.7. The van der Waals surface area contributed by atoms with Gasteiger partial charge >= 0.3 is 0 Å². The van der Waals surface area contributed by atoms with Gasteiger partial charge in [-0.25, -0.2) is 4.39 Å². The molecule has 0 heterocycles. The Morgan fingerprint density at radius 3 is 2.39 bits per heavy atom. The van der Waals surface area contributed by atoms with Crippen LogP contribution in [-0.4, -0.2) is 19.1 Å². The first kappa shape index (κ1) is 17.6. The summed E-state index contributed by atoms with van der Waals surface area (Å²) in [5, 5.41) is 3.74. The molecule has 6 heteroatoms. The molecule has 0 fully saturated rings. The van der Waals surface area contributed by atoms with Gasteiger partial charge in [0.25, 0.3) is 0 Å². The lowest BCUT2D eigenvalue weighted by atomic mass is 10.1. The van der Waals surface area contributed by atoms with E-state index in [0.29, 0.717) is 40.9 Å². The molecule has 0 aliphatic rings. The fourth-order valence-electron chi connectivity index (χ4n) is 1.95. The van der Waals surface area contributed by atoms with Crippen molar-refractivity contribution in [2.45, 2.75) is 12.8 Å². The molecule has 2 aromatic rings. The zero-order valence-corrected chi connectivity index (χ0v) is 13.8. The lowest BCUT2D eigenvalue weighted by Gasteiger charge is -2.09. The Kier molecular flexibility index (Phi) is 6.68. The second-order valence-electron chi connectivity index (χ2n) is 4.88. The number of amides is 1. The molecule has 0 bridgehead atoms. The summed E-state index contributed by atoms with van der Waals surface area (Å²) in [7, 11) is 0. The van der Waals surface area contributed by atoms with Crippen LogP contribution in [-0.2, 0) is 11.2 Å². The third-order valence-electron chi connectivity index (χ3n) is 3.12. The van der Waals surface area contributed by atoms with Crippen molar-refractivity contribution in [3.8, 4) is 5.75 Å². The van der Waals surface area contributed by atoms with E-state index in [1.54, 1.807) is 30.3 Å². The first-order chi connectivity index (χ1) is 11.1. The van der Waals surface area contributed by atoms with Crippen molar-refractivity contribution in [3.63, 3.8) is 0 Å². The molecule has 3 nitrogen and oxygen atoms in total. The SMILES string of the molecule is O=C(Cc1c(Cl)cccc1Cl)NCCCOc1ccc(F)cc1. The summed E-state index contributed by atoms with van der Waals surface area (Å²) in [5.41, 5.74) is 0.621. The number of hydrogen-bond donors (Lipinski definition) is 1. The lowest BCUT2D eigenvalue weighted by Crippen LogP contribution is -2.27. The topological polar surface area (TPSA) is 38.3 Å². The van der Waals surface area contributed by atoms with Gasteiger partial charge < -0.3 is 10.1 Å². The molecular weight excluding hydrogens is 340 g/mol. The zero-order valence-electron chi connectivity index (χ0n) is 12.3. The van der Waals surface area contributed by atoms with Crippen molar-refractivity contribution in [2.24, 2.45) is 0 Å². The van der Waals surface area contributed by atoms with Gasteiger partial charge in [-0.05, 0) is 48.4 Å². The first-order valence-corrected chi connectivity index (χ1v) is 7.90. The maximum atomic E-state index is 12.7. The number of carbonyl (C=O) groups excluding carboxylic acids is 1. The molecule has 0 aromatic heterocycles. The Balaban J connectivity index is 1.68. The molecule has 0 saturated heterocycles. The van der Waals surface area contributed by atoms with Crippen LogP contribution in [0.5, 0.6) is 5.75 Å². The summed E-state index contributed by atoms with van der Waals surface area (Å²) in [6, 6.07) is 10.9. The Labute approximate surface area is 144 Å². The predicted molar refractivity (Wildman–Crippen MR) is 89.7 cm³/mol. The number of rotatable bonds is 7. The van der Waals surface area contributed by atoms with Gasteiger partial charge in [-0.3, -0.25) is 4.79 Å². The van der Waals surface area contributed by atoms with E-state index < -0.39 is 0 Å². The molecule has 0 aliphatic heterocycles. The van der Waals surface area contributed by atoms with Crippen LogP contribution in [0.15, 0.2) is 42.5 Å². The largest absolute Gasteiger partial charge is 0.494 e. The molecule has 2 aromatic carbocycles. The van der Waals surface area contributed by atoms with Gasteiger partial charge in [0.2, 0.25) is 5.91 Å². The molecule has 1 N–H and O–H groups in total. The van der Waals surface area contributed by atoms with Crippen molar-refractivity contribution in [2.75, 3.05) is 13.2 Å². The van der Waals surface area contributed by atoms with E-state index in [2.05, 4.69) is 5.32 Å². The fourth-order valence-corrected chi connectivity index (χ4v) is 2.48. The molecule has 0 spiro atoms. The Bertz CT molecular complexity index is 642. The minimum absolute atomic E-state index is 0.136. The predicted octanol–water partition coefficient (Wildman–Crippen LogP) is 4.26. The van der Waals surface area contributed by atoms with Gasteiger partial charge in [0.15, 0.2) is 0 Å². The lowest BCUT2D eigenvalue weighted by molar-refractivity contribution is -0.120. The van der Waals surface area contributed by atoms with Crippen molar-refractivity contribution < 1.29 is 13.9 Å². The summed E-state index contributed by atoms with van der Waals surface area (Å²) < 4.78 is 18.2. The van der Waals surface area contributed by atoms with Crippen LogP contribution >= 0.6 is 23.2 Å². The van der Waals surface area contributed by atoms with E-state index in [0.717, 1.165) is 0 Å². The van der Waals surface area contributed by atoms with E-state index in [9.17, 15) is 9.18 Å². The third kappa shape index (κ3) is 5.73. The Morgan fingerprint density at radius 2 is 1.74 bits per heavy atom. The summed E-state index contributed by atoms with van der Waals surface area (Å²) in [4.78, 5) is 11.9. The highest BCUT2D eigenvalue weighted by Crippen LogP contribution is 2.24. The molecule has 2 rings (SSSR count). The van der Waals surface area contributed by atoms with Crippen LogP contribution in [0.25, 0.3) is 0 Å². The number of carbonyl (C=O) groups is 1. The molecule has 122 valence electrons. The van der Waals surface area contributed by atoms with Crippen LogP contribution in [0.2, 0.25) is 10.0 Å². The van der Waals surface area contributed by atoms with Gasteiger partial charge in [0.1, 0.15) is 11.6 Å². The maximum Gasteiger partial charge on any atom is 0.224 e. The van der Waals surface area contributed by atoms with E-state index in [1.807, 2.05) is 0 Å². The standard InChI is InChI=1S/C17H16Cl2FNO2/c18-15-3-1-4-16(19)14(15)11-17(22)21-9-2-10-23-13-7-5-12(20)6-8-13/h1,3-8H,2,9-11H2,(H,21,22). The van der Waals surface area contributed by atoms with Crippen molar-refractivity contribution in [1.29, 1.82) is 0 Å². The van der Waals surface area contributed by atoms with Crippen LogP contribution in [0.1, 0.15) is 12.0 Å². The van der Waals surface area contributed by atoms with E-state index in [4.69, 9.17) is 27.9 Å². The van der Waals surface area contributed by atoms with Crippen molar-refractivity contribution in [1.82, 2.24) is 5.32 Å². The molecule has 1 amide bonds. The average Bonchev–Trinajstić information content (AvgIpc) is 2.52.